The van der Waals surface area contributed by atoms with Crippen LogP contribution in [0.15, 0.2) is 55.1 Å². The minimum Gasteiger partial charge on any atom is -0.207 e. The number of hydrogen-bond acceptors (Lipinski definition) is 0. The first-order valence-electron chi connectivity index (χ1n) is 7.15. The first-order valence-corrected chi connectivity index (χ1v) is 7.53. The molecule has 0 saturated carbocycles. The molecule has 0 aliphatic rings. The zero-order chi connectivity index (χ0) is 17.9. The molecule has 0 radical (unpaired) electrons. The summed E-state index contributed by atoms with van der Waals surface area (Å²) in [6.07, 6.45) is -2.45. The van der Waals surface area contributed by atoms with Gasteiger partial charge in [0.05, 0.1) is 0 Å². The molecule has 0 aliphatic carbocycles. The molecule has 0 bridgehead atoms. The summed E-state index contributed by atoms with van der Waals surface area (Å²) in [7, 11) is 0. The first-order chi connectivity index (χ1) is 11.2. The SMILES string of the molecule is C=Cc1ccc(/C(F)=C/C(c2cccc(Cl)c2)C(F)(F)F)cc1C. The van der Waals surface area contributed by atoms with Crippen molar-refractivity contribution < 1.29 is 17.6 Å². The third-order valence-electron chi connectivity index (χ3n) is 3.64. The van der Waals surface area contributed by atoms with Gasteiger partial charge in [0, 0.05) is 10.6 Å². The summed E-state index contributed by atoms with van der Waals surface area (Å²) < 4.78 is 54.5. The van der Waals surface area contributed by atoms with Gasteiger partial charge in [-0.15, -0.1) is 0 Å². The number of benzene rings is 2. The predicted octanol–water partition coefficient (Wildman–Crippen LogP) is 6.95. The number of rotatable bonds is 4. The minimum atomic E-state index is -4.63. The Balaban J connectivity index is 2.46. The Kier molecular flexibility index (Phi) is 5.50. The summed E-state index contributed by atoms with van der Waals surface area (Å²) in [4.78, 5) is 0. The molecule has 5 heteroatoms. The van der Waals surface area contributed by atoms with E-state index in [1.165, 1.54) is 36.4 Å². The van der Waals surface area contributed by atoms with E-state index in [9.17, 15) is 17.6 Å². The lowest BCUT2D eigenvalue weighted by molar-refractivity contribution is -0.139. The maximum Gasteiger partial charge on any atom is 0.399 e. The summed E-state index contributed by atoms with van der Waals surface area (Å²) in [5.74, 6) is -3.01. The van der Waals surface area contributed by atoms with E-state index in [-0.39, 0.29) is 16.1 Å². The number of halogens is 5. The summed E-state index contributed by atoms with van der Waals surface area (Å²) in [5, 5.41) is 0.168. The Morgan fingerprint density at radius 1 is 1.17 bits per heavy atom. The summed E-state index contributed by atoms with van der Waals surface area (Å²) in [6, 6.07) is 9.89. The largest absolute Gasteiger partial charge is 0.399 e. The maximum absolute atomic E-state index is 14.4. The van der Waals surface area contributed by atoms with E-state index in [2.05, 4.69) is 6.58 Å². The van der Waals surface area contributed by atoms with Crippen LogP contribution in [0.3, 0.4) is 0 Å². The average molecular weight is 355 g/mol. The van der Waals surface area contributed by atoms with E-state index in [0.717, 1.165) is 11.1 Å². The van der Waals surface area contributed by atoms with Gasteiger partial charge in [0.2, 0.25) is 0 Å². The molecule has 1 atom stereocenters. The van der Waals surface area contributed by atoms with Gasteiger partial charge in [-0.25, -0.2) is 4.39 Å². The van der Waals surface area contributed by atoms with Crippen molar-refractivity contribution in [2.24, 2.45) is 0 Å². The molecule has 126 valence electrons. The lowest BCUT2D eigenvalue weighted by Gasteiger charge is -2.18. The maximum atomic E-state index is 14.4. The molecular formula is C19H15ClF4. The van der Waals surface area contributed by atoms with Crippen LogP contribution in [0.1, 0.15) is 28.2 Å². The van der Waals surface area contributed by atoms with Crippen molar-refractivity contribution in [1.29, 1.82) is 0 Å². The quantitative estimate of drug-likeness (QED) is 0.521. The lowest BCUT2D eigenvalue weighted by atomic mass is 9.96. The molecule has 0 spiro atoms. The Bertz CT molecular complexity index is 775. The third kappa shape index (κ3) is 4.26. The van der Waals surface area contributed by atoms with Crippen molar-refractivity contribution >= 4 is 23.5 Å². The second-order valence-electron chi connectivity index (χ2n) is 5.36. The molecule has 0 N–H and O–H groups in total. The van der Waals surface area contributed by atoms with Crippen LogP contribution in [0.25, 0.3) is 11.9 Å². The fourth-order valence-corrected chi connectivity index (χ4v) is 2.57. The monoisotopic (exact) mass is 354 g/mol. The minimum absolute atomic E-state index is 0.0920. The molecule has 24 heavy (non-hydrogen) atoms. The van der Waals surface area contributed by atoms with Gasteiger partial charge >= 0.3 is 6.18 Å². The molecular weight excluding hydrogens is 340 g/mol. The topological polar surface area (TPSA) is 0 Å². The van der Waals surface area contributed by atoms with Gasteiger partial charge in [-0.3, -0.25) is 0 Å². The molecule has 2 aromatic rings. The highest BCUT2D eigenvalue weighted by Crippen LogP contribution is 2.39. The van der Waals surface area contributed by atoms with E-state index in [4.69, 9.17) is 11.6 Å². The van der Waals surface area contributed by atoms with Crippen molar-refractivity contribution in [3.63, 3.8) is 0 Å². The lowest BCUT2D eigenvalue weighted by Crippen LogP contribution is -2.19. The second kappa shape index (κ2) is 7.22. The van der Waals surface area contributed by atoms with Crippen LogP contribution < -0.4 is 0 Å². The van der Waals surface area contributed by atoms with Crippen LogP contribution >= 0.6 is 11.6 Å². The average Bonchev–Trinajstić information content (AvgIpc) is 2.51. The molecule has 0 aliphatic heterocycles. The molecule has 0 nitrogen and oxygen atoms in total. The van der Waals surface area contributed by atoms with Crippen molar-refractivity contribution in [3.8, 4) is 0 Å². The second-order valence-corrected chi connectivity index (χ2v) is 5.80. The smallest absolute Gasteiger partial charge is 0.207 e. The summed E-state index contributed by atoms with van der Waals surface area (Å²) in [5.41, 5.74) is 1.52. The third-order valence-corrected chi connectivity index (χ3v) is 3.87. The zero-order valence-electron chi connectivity index (χ0n) is 12.9. The van der Waals surface area contributed by atoms with Crippen LogP contribution in [0, 0.1) is 6.92 Å². The molecule has 0 amide bonds. The van der Waals surface area contributed by atoms with Crippen LogP contribution in [0.4, 0.5) is 17.6 Å². The molecule has 0 aromatic heterocycles. The molecule has 1 unspecified atom stereocenters. The highest BCUT2D eigenvalue weighted by atomic mass is 35.5. The fraction of sp³-hybridized carbons (Fsp3) is 0.158. The predicted molar refractivity (Wildman–Crippen MR) is 90.6 cm³/mol. The van der Waals surface area contributed by atoms with Gasteiger partial charge in [-0.05, 0) is 47.9 Å². The Morgan fingerprint density at radius 3 is 2.42 bits per heavy atom. The van der Waals surface area contributed by atoms with Crippen LogP contribution in [-0.4, -0.2) is 6.18 Å². The zero-order valence-corrected chi connectivity index (χ0v) is 13.6. The van der Waals surface area contributed by atoms with Crippen molar-refractivity contribution in [2.75, 3.05) is 0 Å². The molecule has 0 heterocycles. The highest BCUT2D eigenvalue weighted by molar-refractivity contribution is 6.30. The summed E-state index contributed by atoms with van der Waals surface area (Å²) >= 11 is 5.76. The Hall–Kier alpha value is -2.07. The number of allylic oxidation sites excluding steroid dienone is 1. The van der Waals surface area contributed by atoms with Gasteiger partial charge in [0.15, 0.2) is 0 Å². The first kappa shape index (κ1) is 18.3. The normalized spacial score (nSPS) is 13.7. The van der Waals surface area contributed by atoms with Gasteiger partial charge in [0.25, 0.3) is 0 Å². The fourth-order valence-electron chi connectivity index (χ4n) is 2.38. The Morgan fingerprint density at radius 2 is 1.88 bits per heavy atom. The summed E-state index contributed by atoms with van der Waals surface area (Å²) in [6.45, 7) is 5.37. The van der Waals surface area contributed by atoms with Crippen molar-refractivity contribution in [2.45, 2.75) is 19.0 Å². The van der Waals surface area contributed by atoms with E-state index in [1.54, 1.807) is 19.1 Å². The molecule has 0 saturated heterocycles. The van der Waals surface area contributed by atoms with Crippen LogP contribution in [0.5, 0.6) is 0 Å². The van der Waals surface area contributed by atoms with E-state index in [0.29, 0.717) is 6.08 Å². The van der Waals surface area contributed by atoms with Gasteiger partial charge in [-0.1, -0.05) is 48.5 Å². The molecule has 0 fully saturated rings. The van der Waals surface area contributed by atoms with Gasteiger partial charge in [0.1, 0.15) is 11.7 Å². The van der Waals surface area contributed by atoms with E-state index >= 15 is 0 Å². The Labute approximate surface area is 143 Å². The molecule has 2 rings (SSSR count). The standard InChI is InChI=1S/C19H15ClF4/c1-3-13-7-8-15(9-12(13)2)18(21)11-17(19(22,23)24)14-5-4-6-16(20)10-14/h3-11,17H,1H2,2H3/b18-11-. The van der Waals surface area contributed by atoms with Crippen molar-refractivity contribution in [1.82, 2.24) is 0 Å². The van der Waals surface area contributed by atoms with Gasteiger partial charge < -0.3 is 0 Å². The van der Waals surface area contributed by atoms with E-state index in [1.807, 2.05) is 0 Å². The highest BCUT2D eigenvalue weighted by Gasteiger charge is 2.39. The van der Waals surface area contributed by atoms with Crippen LogP contribution in [0.2, 0.25) is 5.02 Å². The number of aryl methyl sites for hydroxylation is 1. The van der Waals surface area contributed by atoms with Crippen LogP contribution in [-0.2, 0) is 0 Å². The number of hydrogen-bond donors (Lipinski definition) is 0. The van der Waals surface area contributed by atoms with Crippen molar-refractivity contribution in [3.05, 3.63) is 82.4 Å². The van der Waals surface area contributed by atoms with E-state index < -0.39 is 17.9 Å². The van der Waals surface area contributed by atoms with Gasteiger partial charge in [-0.2, -0.15) is 13.2 Å². The number of alkyl halides is 3. The molecule has 2 aromatic carbocycles.